The van der Waals surface area contributed by atoms with Gasteiger partial charge < -0.3 is 10.6 Å². The second-order valence-electron chi connectivity index (χ2n) is 4.81. The van der Waals surface area contributed by atoms with Gasteiger partial charge in [-0.05, 0) is 25.0 Å². The van der Waals surface area contributed by atoms with Gasteiger partial charge in [0.05, 0.1) is 0 Å². The van der Waals surface area contributed by atoms with Crippen LogP contribution in [0, 0.1) is 0 Å². The summed E-state index contributed by atoms with van der Waals surface area (Å²) >= 11 is 5.68. The van der Waals surface area contributed by atoms with Crippen molar-refractivity contribution < 1.29 is 0 Å². The highest BCUT2D eigenvalue weighted by Crippen LogP contribution is 2.16. The Hall–Kier alpha value is -0.870. The maximum Gasteiger partial charge on any atom is 0.151 e. The zero-order valence-electron chi connectivity index (χ0n) is 10.7. The predicted octanol–water partition coefficient (Wildman–Crippen LogP) is 2.85. The van der Waals surface area contributed by atoms with Crippen LogP contribution in [0.4, 0.5) is 5.82 Å². The first-order valence-corrected chi connectivity index (χ1v) is 7.19. The normalized spacial score (nSPS) is 17.4. The Morgan fingerprint density at radius 2 is 1.83 bits per heavy atom. The molecular formula is C13H21ClN4. The molecule has 0 aromatic carbocycles. The van der Waals surface area contributed by atoms with Gasteiger partial charge in [0.1, 0.15) is 5.82 Å². The zero-order chi connectivity index (χ0) is 12.6. The van der Waals surface area contributed by atoms with Crippen LogP contribution < -0.4 is 10.6 Å². The molecule has 1 aromatic rings. The molecule has 1 aliphatic carbocycles. The molecule has 0 atom stereocenters. The molecule has 5 heteroatoms. The van der Waals surface area contributed by atoms with Crippen molar-refractivity contribution in [2.75, 3.05) is 18.4 Å². The lowest BCUT2D eigenvalue weighted by molar-refractivity contribution is 0.468. The van der Waals surface area contributed by atoms with Crippen LogP contribution in [0.5, 0.6) is 0 Å². The SMILES string of the molecule is Clc1ccc(NCCNC2CCCCCC2)nn1. The van der Waals surface area contributed by atoms with E-state index in [1.807, 2.05) is 6.07 Å². The number of halogens is 1. The first kappa shape index (κ1) is 13.6. The first-order valence-electron chi connectivity index (χ1n) is 6.81. The lowest BCUT2D eigenvalue weighted by Crippen LogP contribution is -2.32. The summed E-state index contributed by atoms with van der Waals surface area (Å²) in [5, 5.41) is 15.0. The van der Waals surface area contributed by atoms with Crippen molar-refractivity contribution >= 4 is 17.4 Å². The van der Waals surface area contributed by atoms with E-state index >= 15 is 0 Å². The van der Waals surface area contributed by atoms with E-state index in [0.717, 1.165) is 18.9 Å². The molecule has 0 spiro atoms. The Balaban J connectivity index is 1.61. The van der Waals surface area contributed by atoms with Gasteiger partial charge in [-0.1, -0.05) is 37.3 Å². The fraction of sp³-hybridized carbons (Fsp3) is 0.692. The average Bonchev–Trinajstić information content (AvgIpc) is 2.65. The van der Waals surface area contributed by atoms with Crippen LogP contribution in [0.3, 0.4) is 0 Å². The van der Waals surface area contributed by atoms with Crippen molar-refractivity contribution in [3.63, 3.8) is 0 Å². The van der Waals surface area contributed by atoms with Gasteiger partial charge in [0, 0.05) is 19.1 Å². The van der Waals surface area contributed by atoms with Gasteiger partial charge in [0.15, 0.2) is 5.15 Å². The minimum atomic E-state index is 0.428. The fourth-order valence-electron chi connectivity index (χ4n) is 2.36. The molecule has 1 aromatic heterocycles. The van der Waals surface area contributed by atoms with Gasteiger partial charge in [0.2, 0.25) is 0 Å². The number of nitrogens with zero attached hydrogens (tertiary/aromatic N) is 2. The molecule has 0 aliphatic heterocycles. The molecular weight excluding hydrogens is 248 g/mol. The van der Waals surface area contributed by atoms with Crippen molar-refractivity contribution in [1.82, 2.24) is 15.5 Å². The first-order chi connectivity index (χ1) is 8.84. The third kappa shape index (κ3) is 4.78. The number of hydrogen-bond donors (Lipinski definition) is 2. The minimum Gasteiger partial charge on any atom is -0.367 e. The number of nitrogens with one attached hydrogen (secondary N) is 2. The van der Waals surface area contributed by atoms with E-state index in [9.17, 15) is 0 Å². The second kappa shape index (κ2) is 7.54. The summed E-state index contributed by atoms with van der Waals surface area (Å²) in [6.07, 6.45) is 8.18. The van der Waals surface area contributed by atoms with Crippen LogP contribution in [0.15, 0.2) is 12.1 Å². The van der Waals surface area contributed by atoms with E-state index in [0.29, 0.717) is 11.2 Å². The van der Waals surface area contributed by atoms with Crippen LogP contribution in [-0.2, 0) is 0 Å². The number of aromatic nitrogens is 2. The van der Waals surface area contributed by atoms with E-state index < -0.39 is 0 Å². The summed E-state index contributed by atoms with van der Waals surface area (Å²) in [6.45, 7) is 1.84. The smallest absolute Gasteiger partial charge is 0.151 e. The molecule has 2 N–H and O–H groups in total. The Bertz CT molecular complexity index is 333. The number of hydrogen-bond acceptors (Lipinski definition) is 4. The van der Waals surface area contributed by atoms with Crippen molar-refractivity contribution in [2.24, 2.45) is 0 Å². The van der Waals surface area contributed by atoms with Gasteiger partial charge in [-0.3, -0.25) is 0 Å². The van der Waals surface area contributed by atoms with Crippen LogP contribution in [-0.4, -0.2) is 29.3 Å². The molecule has 1 aliphatic rings. The molecule has 4 nitrogen and oxygen atoms in total. The predicted molar refractivity (Wildman–Crippen MR) is 75.0 cm³/mol. The Morgan fingerprint density at radius 3 is 2.50 bits per heavy atom. The molecule has 1 fully saturated rings. The van der Waals surface area contributed by atoms with Gasteiger partial charge >= 0.3 is 0 Å². The molecule has 2 rings (SSSR count). The van der Waals surface area contributed by atoms with E-state index in [-0.39, 0.29) is 0 Å². The van der Waals surface area contributed by atoms with Crippen LogP contribution in [0.25, 0.3) is 0 Å². The van der Waals surface area contributed by atoms with Gasteiger partial charge in [-0.15, -0.1) is 10.2 Å². The quantitative estimate of drug-likeness (QED) is 0.637. The average molecular weight is 269 g/mol. The largest absolute Gasteiger partial charge is 0.367 e. The van der Waals surface area contributed by atoms with Crippen molar-refractivity contribution in [2.45, 2.75) is 44.6 Å². The molecule has 0 amide bonds. The van der Waals surface area contributed by atoms with Crippen LogP contribution >= 0.6 is 11.6 Å². The van der Waals surface area contributed by atoms with Gasteiger partial charge in [-0.2, -0.15) is 0 Å². The summed E-state index contributed by atoms with van der Waals surface area (Å²) in [5.41, 5.74) is 0. The highest BCUT2D eigenvalue weighted by Gasteiger charge is 2.10. The maximum atomic E-state index is 5.68. The summed E-state index contributed by atoms with van der Waals surface area (Å²) < 4.78 is 0. The lowest BCUT2D eigenvalue weighted by atomic mass is 10.1. The second-order valence-corrected chi connectivity index (χ2v) is 5.20. The van der Waals surface area contributed by atoms with Crippen molar-refractivity contribution in [3.8, 4) is 0 Å². The Labute approximate surface area is 114 Å². The van der Waals surface area contributed by atoms with E-state index in [1.165, 1.54) is 38.5 Å². The van der Waals surface area contributed by atoms with Gasteiger partial charge in [-0.25, -0.2) is 0 Å². The van der Waals surface area contributed by atoms with Gasteiger partial charge in [0.25, 0.3) is 0 Å². The summed E-state index contributed by atoms with van der Waals surface area (Å²) in [6, 6.07) is 4.29. The van der Waals surface area contributed by atoms with Crippen molar-refractivity contribution in [3.05, 3.63) is 17.3 Å². The van der Waals surface area contributed by atoms with E-state index in [1.54, 1.807) is 6.07 Å². The number of rotatable bonds is 5. The third-order valence-corrected chi connectivity index (χ3v) is 3.55. The Kier molecular flexibility index (Phi) is 5.68. The summed E-state index contributed by atoms with van der Waals surface area (Å²) in [5.74, 6) is 0.780. The topological polar surface area (TPSA) is 49.8 Å². The fourth-order valence-corrected chi connectivity index (χ4v) is 2.46. The maximum absolute atomic E-state index is 5.68. The Morgan fingerprint density at radius 1 is 1.06 bits per heavy atom. The molecule has 0 unspecified atom stereocenters. The minimum absolute atomic E-state index is 0.428. The van der Waals surface area contributed by atoms with E-state index in [2.05, 4.69) is 20.8 Å². The van der Waals surface area contributed by atoms with Crippen LogP contribution in [0.2, 0.25) is 5.15 Å². The van der Waals surface area contributed by atoms with Crippen LogP contribution in [0.1, 0.15) is 38.5 Å². The summed E-state index contributed by atoms with van der Waals surface area (Å²) in [7, 11) is 0. The molecule has 1 heterocycles. The molecule has 18 heavy (non-hydrogen) atoms. The molecule has 0 radical (unpaired) electrons. The van der Waals surface area contributed by atoms with E-state index in [4.69, 9.17) is 11.6 Å². The zero-order valence-corrected chi connectivity index (χ0v) is 11.4. The standard InChI is InChI=1S/C13H21ClN4/c14-12-7-8-13(18-17-12)16-10-9-15-11-5-3-1-2-4-6-11/h7-8,11,15H,1-6,9-10H2,(H,16,18). The number of anilines is 1. The third-order valence-electron chi connectivity index (χ3n) is 3.35. The lowest BCUT2D eigenvalue weighted by Gasteiger charge is -2.16. The molecule has 1 saturated carbocycles. The highest BCUT2D eigenvalue weighted by atomic mass is 35.5. The monoisotopic (exact) mass is 268 g/mol. The molecule has 0 saturated heterocycles. The molecule has 100 valence electrons. The molecule has 0 bridgehead atoms. The highest BCUT2D eigenvalue weighted by molar-refractivity contribution is 6.29. The summed E-state index contributed by atoms with van der Waals surface area (Å²) in [4.78, 5) is 0. The van der Waals surface area contributed by atoms with Crippen molar-refractivity contribution in [1.29, 1.82) is 0 Å².